The lowest BCUT2D eigenvalue weighted by atomic mass is 9.74. The fourth-order valence-electron chi connectivity index (χ4n) is 5.49. The zero-order chi connectivity index (χ0) is 25.8. The Morgan fingerprint density at radius 3 is 1.32 bits per heavy atom. The van der Waals surface area contributed by atoms with Crippen LogP contribution in [0.25, 0.3) is 0 Å². The minimum Gasteiger partial charge on any atom is -0.465 e. The van der Waals surface area contributed by atoms with Gasteiger partial charge in [0.05, 0.1) is 25.0 Å². The Bertz CT molecular complexity index is 535. The first-order valence-corrected chi connectivity index (χ1v) is 14.3. The highest BCUT2D eigenvalue weighted by molar-refractivity contribution is 5.75. The highest BCUT2D eigenvalue weighted by atomic mass is 16.5. The minimum absolute atomic E-state index is 0.0559. The number of rotatable bonds is 16. The van der Waals surface area contributed by atoms with Crippen LogP contribution >= 0.6 is 0 Å². The largest absolute Gasteiger partial charge is 0.465 e. The summed E-state index contributed by atoms with van der Waals surface area (Å²) in [7, 11) is 0. The molecular formula is C30H56O4. The second-order valence-electron chi connectivity index (χ2n) is 12.4. The third-order valence-electron chi connectivity index (χ3n) is 8.90. The summed E-state index contributed by atoms with van der Waals surface area (Å²) in [4.78, 5) is 25.0. The number of esters is 2. The molecule has 0 aromatic rings. The molecule has 1 saturated carbocycles. The number of carbonyl (C=O) groups excluding carboxylic acids is 2. The quantitative estimate of drug-likeness (QED) is 0.164. The Morgan fingerprint density at radius 2 is 1.03 bits per heavy atom. The summed E-state index contributed by atoms with van der Waals surface area (Å²) in [5.41, 5.74) is 0.686. The van der Waals surface area contributed by atoms with Gasteiger partial charge in [-0.05, 0) is 86.9 Å². The molecule has 0 saturated heterocycles. The normalized spacial score (nSPS) is 21.1. The third kappa shape index (κ3) is 10.7. The molecule has 4 heteroatoms. The first-order valence-electron chi connectivity index (χ1n) is 14.3. The lowest BCUT2D eigenvalue weighted by Gasteiger charge is -2.32. The molecule has 1 fully saturated rings. The monoisotopic (exact) mass is 480 g/mol. The van der Waals surface area contributed by atoms with Crippen LogP contribution in [0.5, 0.6) is 0 Å². The maximum Gasteiger partial charge on any atom is 0.308 e. The van der Waals surface area contributed by atoms with Gasteiger partial charge in [-0.25, -0.2) is 0 Å². The fourth-order valence-corrected chi connectivity index (χ4v) is 5.49. The van der Waals surface area contributed by atoms with E-state index in [2.05, 4.69) is 55.4 Å². The van der Waals surface area contributed by atoms with Gasteiger partial charge in [-0.1, -0.05) is 68.2 Å². The maximum atomic E-state index is 12.5. The Labute approximate surface area is 211 Å². The lowest BCUT2D eigenvalue weighted by molar-refractivity contribution is -0.155. The van der Waals surface area contributed by atoms with Crippen LogP contribution in [-0.4, -0.2) is 25.2 Å². The summed E-state index contributed by atoms with van der Waals surface area (Å²) < 4.78 is 11.2. The summed E-state index contributed by atoms with van der Waals surface area (Å²) in [6, 6.07) is 0. The average molecular weight is 481 g/mol. The summed E-state index contributed by atoms with van der Waals surface area (Å²) in [6.07, 6.45) is 11.9. The minimum atomic E-state index is -0.0732. The topological polar surface area (TPSA) is 52.6 Å². The van der Waals surface area contributed by atoms with E-state index in [0.717, 1.165) is 51.4 Å². The van der Waals surface area contributed by atoms with Crippen molar-refractivity contribution >= 4 is 11.9 Å². The van der Waals surface area contributed by atoms with Gasteiger partial charge in [0, 0.05) is 0 Å². The average Bonchev–Trinajstić information content (AvgIpc) is 2.78. The predicted molar refractivity (Wildman–Crippen MR) is 142 cm³/mol. The summed E-state index contributed by atoms with van der Waals surface area (Å²) in [6.45, 7) is 19.5. The lowest BCUT2D eigenvalue weighted by Crippen LogP contribution is -2.29. The van der Waals surface area contributed by atoms with Crippen molar-refractivity contribution in [3.8, 4) is 0 Å². The smallest absolute Gasteiger partial charge is 0.308 e. The molecule has 4 nitrogen and oxygen atoms in total. The van der Waals surface area contributed by atoms with Crippen molar-refractivity contribution in [3.05, 3.63) is 0 Å². The zero-order valence-corrected chi connectivity index (χ0v) is 23.8. The van der Waals surface area contributed by atoms with Crippen molar-refractivity contribution in [1.82, 2.24) is 0 Å². The Hall–Kier alpha value is -1.06. The van der Waals surface area contributed by atoms with Gasteiger partial charge in [-0.3, -0.25) is 9.59 Å². The van der Waals surface area contributed by atoms with E-state index in [1.165, 1.54) is 25.7 Å². The molecule has 1 aliphatic rings. The number of carbonyl (C=O) groups is 2. The van der Waals surface area contributed by atoms with E-state index >= 15 is 0 Å². The molecule has 0 bridgehead atoms. The van der Waals surface area contributed by atoms with E-state index in [4.69, 9.17) is 9.47 Å². The maximum absolute atomic E-state index is 12.5. The zero-order valence-electron chi connectivity index (χ0n) is 23.8. The number of hydrogen-bond acceptors (Lipinski definition) is 4. The van der Waals surface area contributed by atoms with Gasteiger partial charge in [0.15, 0.2) is 0 Å². The Morgan fingerprint density at radius 1 is 0.706 bits per heavy atom. The van der Waals surface area contributed by atoms with Crippen molar-refractivity contribution in [2.24, 2.45) is 34.5 Å². The van der Waals surface area contributed by atoms with Crippen LogP contribution in [0.3, 0.4) is 0 Å². The number of ether oxygens (including phenoxy) is 2. The fraction of sp³-hybridized carbons (Fsp3) is 0.933. The molecule has 0 radical (unpaired) electrons. The van der Waals surface area contributed by atoms with E-state index in [1.807, 2.05) is 0 Å². The van der Waals surface area contributed by atoms with E-state index in [-0.39, 0.29) is 23.8 Å². The van der Waals surface area contributed by atoms with E-state index < -0.39 is 0 Å². The van der Waals surface area contributed by atoms with Gasteiger partial charge in [0.2, 0.25) is 0 Å². The second kappa shape index (κ2) is 15.1. The van der Waals surface area contributed by atoms with Gasteiger partial charge in [-0.2, -0.15) is 0 Å². The van der Waals surface area contributed by atoms with Crippen molar-refractivity contribution in [2.75, 3.05) is 13.2 Å². The summed E-state index contributed by atoms with van der Waals surface area (Å²) >= 11 is 0. The molecule has 1 aliphatic carbocycles. The van der Waals surface area contributed by atoms with E-state index in [1.54, 1.807) is 0 Å². The van der Waals surface area contributed by atoms with Crippen molar-refractivity contribution in [1.29, 1.82) is 0 Å². The molecule has 2 atom stereocenters. The SMILES string of the molecule is CCCC(C)(C)C(C)CCCOC(=O)C1CCC(C(=O)OCCCC(C)C(C)(C)CCC)CC1. The molecular weight excluding hydrogens is 424 g/mol. The molecule has 0 amide bonds. The second-order valence-corrected chi connectivity index (χ2v) is 12.4. The van der Waals surface area contributed by atoms with Crippen LogP contribution in [0, 0.1) is 34.5 Å². The highest BCUT2D eigenvalue weighted by Gasteiger charge is 2.32. The van der Waals surface area contributed by atoms with Crippen LogP contribution in [0.2, 0.25) is 0 Å². The van der Waals surface area contributed by atoms with Crippen molar-refractivity contribution in [2.45, 2.75) is 132 Å². The van der Waals surface area contributed by atoms with Gasteiger partial charge >= 0.3 is 11.9 Å². The van der Waals surface area contributed by atoms with Crippen molar-refractivity contribution < 1.29 is 19.1 Å². The first-order chi connectivity index (χ1) is 15.9. The molecule has 200 valence electrons. The molecule has 1 rings (SSSR count). The first kappa shape index (κ1) is 31.0. The molecule has 2 unspecified atom stereocenters. The Kier molecular flexibility index (Phi) is 13.8. The molecule has 34 heavy (non-hydrogen) atoms. The highest BCUT2D eigenvalue weighted by Crippen LogP contribution is 2.36. The van der Waals surface area contributed by atoms with Gasteiger partial charge in [0.1, 0.15) is 0 Å². The van der Waals surface area contributed by atoms with E-state index in [0.29, 0.717) is 35.9 Å². The Balaban J connectivity index is 2.22. The third-order valence-corrected chi connectivity index (χ3v) is 8.90. The molecule has 0 N–H and O–H groups in total. The molecule has 0 aromatic heterocycles. The molecule has 0 aromatic carbocycles. The predicted octanol–water partition coefficient (Wildman–Crippen LogP) is 8.36. The van der Waals surface area contributed by atoms with Crippen LogP contribution in [0.15, 0.2) is 0 Å². The van der Waals surface area contributed by atoms with Gasteiger partial charge in [-0.15, -0.1) is 0 Å². The molecule has 0 spiro atoms. The van der Waals surface area contributed by atoms with Crippen LogP contribution in [-0.2, 0) is 19.1 Å². The summed E-state index contributed by atoms with van der Waals surface area (Å²) in [5.74, 6) is 0.989. The standard InChI is InChI=1S/C30H56O4/c1-9-19-29(5,6)23(3)13-11-21-33-27(31)25-15-17-26(18-16-25)28(32)34-22-12-14-24(4)30(7,8)20-10-2/h23-26H,9-22H2,1-8H3. The van der Waals surface area contributed by atoms with Gasteiger partial charge < -0.3 is 9.47 Å². The van der Waals surface area contributed by atoms with Crippen LogP contribution in [0.1, 0.15) is 132 Å². The number of hydrogen-bond donors (Lipinski definition) is 0. The molecule has 0 heterocycles. The van der Waals surface area contributed by atoms with Gasteiger partial charge in [0.25, 0.3) is 0 Å². The summed E-state index contributed by atoms with van der Waals surface area (Å²) in [5, 5.41) is 0. The van der Waals surface area contributed by atoms with Crippen LogP contribution < -0.4 is 0 Å². The van der Waals surface area contributed by atoms with Crippen LogP contribution in [0.4, 0.5) is 0 Å². The van der Waals surface area contributed by atoms with E-state index in [9.17, 15) is 9.59 Å². The molecule has 0 aliphatic heterocycles. The van der Waals surface area contributed by atoms with Crippen molar-refractivity contribution in [3.63, 3.8) is 0 Å².